The molecule has 0 N–H and O–H groups in total. The fourth-order valence-electron chi connectivity index (χ4n) is 2.53. The Morgan fingerprint density at radius 2 is 1.65 bits per heavy atom. The molecule has 0 aromatic heterocycles. The average Bonchev–Trinajstić information content (AvgIpc) is 2.26. The van der Waals surface area contributed by atoms with Crippen LogP contribution in [0.1, 0.15) is 53.9 Å². The first kappa shape index (κ1) is 15.0. The summed E-state index contributed by atoms with van der Waals surface area (Å²) in [7, 11) is 2.25. The maximum absolute atomic E-state index is 2.62. The van der Waals surface area contributed by atoms with Crippen molar-refractivity contribution in [2.45, 2.75) is 66.0 Å². The maximum Gasteiger partial charge on any atom is 0.00385 e. The van der Waals surface area contributed by atoms with E-state index in [4.69, 9.17) is 0 Å². The van der Waals surface area contributed by atoms with Crippen LogP contribution in [0.3, 0.4) is 0 Å². The minimum Gasteiger partial charge on any atom is -0.304 e. The quantitative estimate of drug-likeness (QED) is 0.728. The van der Waals surface area contributed by atoms with Gasteiger partial charge in [-0.05, 0) is 79.1 Å². The largest absolute Gasteiger partial charge is 0.304 e. The molecule has 0 aromatic rings. The van der Waals surface area contributed by atoms with E-state index in [-0.39, 0.29) is 0 Å². The Labute approximate surface area is 108 Å². The Balaban J connectivity index is 2.34. The second kappa shape index (κ2) is 6.19. The molecule has 0 aromatic carbocycles. The van der Waals surface area contributed by atoms with Crippen LogP contribution in [0.25, 0.3) is 0 Å². The van der Waals surface area contributed by atoms with Gasteiger partial charge in [0.1, 0.15) is 0 Å². The molecule has 0 bridgehead atoms. The second-order valence-electron chi connectivity index (χ2n) is 6.76. The maximum atomic E-state index is 2.62. The van der Waals surface area contributed by atoms with Gasteiger partial charge < -0.3 is 9.80 Å². The Hall–Kier alpha value is -0.0800. The molecule has 0 aliphatic carbocycles. The minimum atomic E-state index is 0.578. The molecule has 0 saturated carbocycles. The van der Waals surface area contributed by atoms with Crippen molar-refractivity contribution in [2.24, 2.45) is 5.41 Å². The van der Waals surface area contributed by atoms with Crippen molar-refractivity contribution < 1.29 is 0 Å². The number of nitrogens with zero attached hydrogens (tertiary/aromatic N) is 2. The molecule has 2 heteroatoms. The molecule has 1 fully saturated rings. The summed E-state index contributed by atoms with van der Waals surface area (Å²) >= 11 is 0. The summed E-state index contributed by atoms with van der Waals surface area (Å²) in [6.07, 6.45) is 4.10. The minimum absolute atomic E-state index is 0.578. The fourth-order valence-corrected chi connectivity index (χ4v) is 2.53. The Kier molecular flexibility index (Phi) is 5.46. The normalized spacial score (nSPS) is 21.7. The lowest BCUT2D eigenvalue weighted by molar-refractivity contribution is 0.0784. The van der Waals surface area contributed by atoms with E-state index in [0.29, 0.717) is 11.5 Å². The predicted octanol–water partition coefficient (Wildman–Crippen LogP) is 3.23. The van der Waals surface area contributed by atoms with E-state index in [0.717, 1.165) is 6.04 Å². The van der Waals surface area contributed by atoms with Gasteiger partial charge in [-0.25, -0.2) is 0 Å². The molecule has 1 saturated heterocycles. The van der Waals surface area contributed by atoms with Crippen LogP contribution in [-0.2, 0) is 0 Å². The summed E-state index contributed by atoms with van der Waals surface area (Å²) in [4.78, 5) is 5.09. The van der Waals surface area contributed by atoms with Gasteiger partial charge >= 0.3 is 0 Å². The van der Waals surface area contributed by atoms with Crippen LogP contribution in [0.4, 0.5) is 0 Å². The number of hydrogen-bond donors (Lipinski definition) is 0. The van der Waals surface area contributed by atoms with Crippen LogP contribution in [0, 0.1) is 5.41 Å². The van der Waals surface area contributed by atoms with E-state index in [1.54, 1.807) is 0 Å². The first-order valence-electron chi connectivity index (χ1n) is 7.28. The Morgan fingerprint density at radius 3 is 2.06 bits per heavy atom. The van der Waals surface area contributed by atoms with Gasteiger partial charge in [0.15, 0.2) is 0 Å². The monoisotopic (exact) mass is 240 g/mol. The molecule has 102 valence electrons. The summed E-state index contributed by atoms with van der Waals surface area (Å²) in [5, 5.41) is 0. The van der Waals surface area contributed by atoms with Gasteiger partial charge in [0.25, 0.3) is 0 Å². The standard InChI is InChI=1S/C15H32N2/c1-13(2)16(6)10-7-15(5)8-11-17(12-9-15)14(3)4/h13-14H,7-12H2,1-6H3. The lowest BCUT2D eigenvalue weighted by Crippen LogP contribution is -2.43. The molecule has 1 rings (SSSR count). The summed E-state index contributed by atoms with van der Waals surface area (Å²) in [6.45, 7) is 15.5. The van der Waals surface area contributed by atoms with Crippen molar-refractivity contribution in [3.63, 3.8) is 0 Å². The molecule has 0 radical (unpaired) electrons. The summed E-state index contributed by atoms with van der Waals surface area (Å²) in [5.74, 6) is 0. The van der Waals surface area contributed by atoms with Gasteiger partial charge in [0, 0.05) is 12.1 Å². The molecule has 2 nitrogen and oxygen atoms in total. The molecule has 0 spiro atoms. The number of piperidine rings is 1. The summed E-state index contributed by atoms with van der Waals surface area (Å²) in [6, 6.07) is 1.40. The van der Waals surface area contributed by atoms with Gasteiger partial charge in [-0.2, -0.15) is 0 Å². The Bertz CT molecular complexity index is 215. The lowest BCUT2D eigenvalue weighted by Gasteiger charge is -2.42. The van der Waals surface area contributed by atoms with Crippen molar-refractivity contribution in [2.75, 3.05) is 26.7 Å². The zero-order valence-electron chi connectivity index (χ0n) is 12.8. The number of likely N-dealkylation sites (tertiary alicyclic amines) is 1. The van der Waals surface area contributed by atoms with E-state index in [2.05, 4.69) is 51.5 Å². The summed E-state index contributed by atoms with van der Waals surface area (Å²) in [5.41, 5.74) is 0.578. The van der Waals surface area contributed by atoms with E-state index in [1.807, 2.05) is 0 Å². The van der Waals surface area contributed by atoms with Gasteiger partial charge in [-0.1, -0.05) is 6.92 Å². The van der Waals surface area contributed by atoms with Crippen LogP contribution >= 0.6 is 0 Å². The van der Waals surface area contributed by atoms with Crippen molar-refractivity contribution in [3.8, 4) is 0 Å². The third kappa shape index (κ3) is 4.59. The van der Waals surface area contributed by atoms with Gasteiger partial charge in [0.05, 0.1) is 0 Å². The van der Waals surface area contributed by atoms with Crippen LogP contribution in [0.5, 0.6) is 0 Å². The van der Waals surface area contributed by atoms with Crippen LogP contribution in [-0.4, -0.2) is 48.6 Å². The average molecular weight is 240 g/mol. The molecule has 1 aliphatic heterocycles. The highest BCUT2D eigenvalue weighted by Gasteiger charge is 2.30. The number of hydrogen-bond acceptors (Lipinski definition) is 2. The first-order valence-corrected chi connectivity index (χ1v) is 7.28. The zero-order chi connectivity index (χ0) is 13.1. The molecule has 0 unspecified atom stereocenters. The van der Waals surface area contributed by atoms with Crippen molar-refractivity contribution in [3.05, 3.63) is 0 Å². The van der Waals surface area contributed by atoms with Crippen molar-refractivity contribution in [1.29, 1.82) is 0 Å². The van der Waals surface area contributed by atoms with E-state index >= 15 is 0 Å². The molecule has 0 amide bonds. The lowest BCUT2D eigenvalue weighted by atomic mass is 9.77. The molecule has 1 aliphatic rings. The molecule has 17 heavy (non-hydrogen) atoms. The fraction of sp³-hybridized carbons (Fsp3) is 1.00. The van der Waals surface area contributed by atoms with Gasteiger partial charge in [0.2, 0.25) is 0 Å². The highest BCUT2D eigenvalue weighted by Crippen LogP contribution is 2.35. The molecule has 1 heterocycles. The van der Waals surface area contributed by atoms with Crippen LogP contribution in [0.15, 0.2) is 0 Å². The van der Waals surface area contributed by atoms with E-state index < -0.39 is 0 Å². The zero-order valence-corrected chi connectivity index (χ0v) is 12.8. The highest BCUT2D eigenvalue weighted by atomic mass is 15.2. The van der Waals surface area contributed by atoms with E-state index in [1.165, 1.54) is 38.9 Å². The first-order chi connectivity index (χ1) is 7.84. The topological polar surface area (TPSA) is 6.48 Å². The SMILES string of the molecule is CC(C)N(C)CCC1(C)CCN(C(C)C)CC1. The molecular weight excluding hydrogens is 208 g/mol. The molecule has 0 atom stereocenters. The van der Waals surface area contributed by atoms with E-state index in [9.17, 15) is 0 Å². The van der Waals surface area contributed by atoms with Crippen LogP contribution in [0.2, 0.25) is 0 Å². The van der Waals surface area contributed by atoms with Crippen LogP contribution < -0.4 is 0 Å². The second-order valence-corrected chi connectivity index (χ2v) is 6.76. The van der Waals surface area contributed by atoms with Crippen molar-refractivity contribution in [1.82, 2.24) is 9.80 Å². The summed E-state index contributed by atoms with van der Waals surface area (Å²) < 4.78 is 0. The van der Waals surface area contributed by atoms with Gasteiger partial charge in [-0.15, -0.1) is 0 Å². The third-order valence-corrected chi connectivity index (χ3v) is 4.69. The number of rotatable bonds is 5. The van der Waals surface area contributed by atoms with Gasteiger partial charge in [-0.3, -0.25) is 0 Å². The Morgan fingerprint density at radius 1 is 1.12 bits per heavy atom. The smallest absolute Gasteiger partial charge is 0.00385 e. The predicted molar refractivity (Wildman–Crippen MR) is 76.4 cm³/mol. The third-order valence-electron chi connectivity index (χ3n) is 4.69. The molecular formula is C15H32N2. The van der Waals surface area contributed by atoms with Crippen molar-refractivity contribution >= 4 is 0 Å². The highest BCUT2D eigenvalue weighted by molar-refractivity contribution is 4.84.